The SMILES string of the molecule is C=CCOc1cc(F)cc(CC(N)C(O)CO)c1. The van der Waals surface area contributed by atoms with Crippen LogP contribution in [0.3, 0.4) is 0 Å². The molecule has 0 saturated carbocycles. The fraction of sp³-hybridized carbons (Fsp3) is 0.385. The van der Waals surface area contributed by atoms with Gasteiger partial charge in [-0.25, -0.2) is 4.39 Å². The molecule has 0 amide bonds. The Morgan fingerprint density at radius 1 is 1.44 bits per heavy atom. The molecule has 0 spiro atoms. The number of hydrogen-bond acceptors (Lipinski definition) is 4. The van der Waals surface area contributed by atoms with Crippen molar-refractivity contribution in [2.75, 3.05) is 13.2 Å². The molecule has 2 unspecified atom stereocenters. The number of benzene rings is 1. The number of ether oxygens (including phenoxy) is 1. The zero-order valence-corrected chi connectivity index (χ0v) is 10.1. The summed E-state index contributed by atoms with van der Waals surface area (Å²) in [6, 6.07) is 3.59. The number of nitrogens with two attached hydrogens (primary N) is 1. The van der Waals surface area contributed by atoms with Crippen molar-refractivity contribution < 1.29 is 19.3 Å². The van der Waals surface area contributed by atoms with E-state index in [4.69, 9.17) is 15.6 Å². The second-order valence-electron chi connectivity index (χ2n) is 4.01. The van der Waals surface area contributed by atoms with Crippen molar-refractivity contribution >= 4 is 0 Å². The molecule has 4 N–H and O–H groups in total. The Kier molecular flexibility index (Phi) is 5.77. The minimum atomic E-state index is -1.02. The van der Waals surface area contributed by atoms with Crippen molar-refractivity contribution in [3.8, 4) is 5.75 Å². The molecular weight excluding hydrogens is 237 g/mol. The molecule has 0 bridgehead atoms. The highest BCUT2D eigenvalue weighted by atomic mass is 19.1. The van der Waals surface area contributed by atoms with Crippen LogP contribution >= 0.6 is 0 Å². The van der Waals surface area contributed by atoms with E-state index in [0.717, 1.165) is 0 Å². The predicted octanol–water partition coefficient (Wildman–Crippen LogP) is 0.613. The van der Waals surface area contributed by atoms with Gasteiger partial charge in [-0.15, -0.1) is 0 Å². The molecule has 0 heterocycles. The van der Waals surface area contributed by atoms with Crippen LogP contribution in [0.4, 0.5) is 4.39 Å². The molecule has 0 aliphatic heterocycles. The lowest BCUT2D eigenvalue weighted by Crippen LogP contribution is -2.38. The van der Waals surface area contributed by atoms with Crippen LogP contribution in [0, 0.1) is 5.82 Å². The van der Waals surface area contributed by atoms with Crippen LogP contribution in [0.15, 0.2) is 30.9 Å². The highest BCUT2D eigenvalue weighted by Crippen LogP contribution is 2.18. The lowest BCUT2D eigenvalue weighted by Gasteiger charge is -2.17. The standard InChI is InChI=1S/C13H18FNO3/c1-2-3-18-11-5-9(4-10(14)7-11)6-12(15)13(17)8-16/h2,4-5,7,12-13,16-17H,1,3,6,8,15H2. The van der Waals surface area contributed by atoms with Crippen LogP contribution in [0.25, 0.3) is 0 Å². The van der Waals surface area contributed by atoms with Crippen LogP contribution in [-0.4, -0.2) is 35.6 Å². The van der Waals surface area contributed by atoms with E-state index in [-0.39, 0.29) is 13.0 Å². The zero-order valence-electron chi connectivity index (χ0n) is 10.1. The summed E-state index contributed by atoms with van der Waals surface area (Å²) in [6.07, 6.45) is 0.793. The molecule has 1 aromatic carbocycles. The van der Waals surface area contributed by atoms with Gasteiger partial charge in [-0.2, -0.15) is 0 Å². The van der Waals surface area contributed by atoms with Gasteiger partial charge in [-0.3, -0.25) is 0 Å². The summed E-state index contributed by atoms with van der Waals surface area (Å²) in [6.45, 7) is 3.37. The van der Waals surface area contributed by atoms with Gasteiger partial charge in [0, 0.05) is 12.1 Å². The van der Waals surface area contributed by atoms with Gasteiger partial charge in [-0.1, -0.05) is 12.7 Å². The van der Waals surface area contributed by atoms with Gasteiger partial charge in [0.05, 0.1) is 12.7 Å². The van der Waals surface area contributed by atoms with Crippen molar-refractivity contribution in [1.82, 2.24) is 0 Å². The first-order valence-electron chi connectivity index (χ1n) is 5.64. The monoisotopic (exact) mass is 255 g/mol. The third-order valence-corrected chi connectivity index (χ3v) is 2.45. The average Bonchev–Trinajstić information content (AvgIpc) is 2.34. The van der Waals surface area contributed by atoms with E-state index < -0.39 is 24.6 Å². The minimum Gasteiger partial charge on any atom is -0.489 e. The molecular formula is C13H18FNO3. The van der Waals surface area contributed by atoms with E-state index in [0.29, 0.717) is 11.3 Å². The molecule has 4 nitrogen and oxygen atoms in total. The molecule has 2 atom stereocenters. The molecule has 0 radical (unpaired) electrons. The Labute approximate surface area is 106 Å². The Balaban J connectivity index is 2.75. The molecule has 0 fully saturated rings. The first kappa shape index (κ1) is 14.6. The van der Waals surface area contributed by atoms with E-state index >= 15 is 0 Å². The van der Waals surface area contributed by atoms with E-state index in [1.807, 2.05) is 0 Å². The van der Waals surface area contributed by atoms with Crippen molar-refractivity contribution in [2.24, 2.45) is 5.73 Å². The van der Waals surface area contributed by atoms with Gasteiger partial charge < -0.3 is 20.7 Å². The number of aliphatic hydroxyl groups excluding tert-OH is 2. The molecule has 1 rings (SSSR count). The summed E-state index contributed by atoms with van der Waals surface area (Å²) in [7, 11) is 0. The fourth-order valence-electron chi connectivity index (χ4n) is 1.52. The Morgan fingerprint density at radius 3 is 2.78 bits per heavy atom. The van der Waals surface area contributed by atoms with Gasteiger partial charge in [-0.05, 0) is 24.1 Å². The summed E-state index contributed by atoms with van der Waals surface area (Å²) in [5.74, 6) is -0.0483. The minimum absolute atomic E-state index is 0.254. The van der Waals surface area contributed by atoms with E-state index in [9.17, 15) is 9.50 Å². The molecule has 0 aliphatic rings. The summed E-state index contributed by atoms with van der Waals surface area (Å²) in [5.41, 5.74) is 6.28. The normalized spacial score (nSPS) is 14.0. The van der Waals surface area contributed by atoms with E-state index in [1.54, 1.807) is 12.1 Å². The first-order chi connectivity index (χ1) is 8.56. The number of halogens is 1. The summed E-state index contributed by atoms with van der Waals surface area (Å²) < 4.78 is 18.6. The van der Waals surface area contributed by atoms with Gasteiger partial charge in [0.15, 0.2) is 0 Å². The fourth-order valence-corrected chi connectivity index (χ4v) is 1.52. The maximum Gasteiger partial charge on any atom is 0.127 e. The van der Waals surface area contributed by atoms with Crippen LogP contribution in [0.5, 0.6) is 5.75 Å². The summed E-state index contributed by atoms with van der Waals surface area (Å²) >= 11 is 0. The second-order valence-corrected chi connectivity index (χ2v) is 4.01. The van der Waals surface area contributed by atoms with Crippen LogP contribution in [0.1, 0.15) is 5.56 Å². The first-order valence-corrected chi connectivity index (χ1v) is 5.64. The highest BCUT2D eigenvalue weighted by Gasteiger charge is 2.15. The number of hydrogen-bond donors (Lipinski definition) is 3. The number of aliphatic hydroxyl groups is 2. The maximum absolute atomic E-state index is 13.3. The van der Waals surface area contributed by atoms with Crippen LogP contribution in [0.2, 0.25) is 0 Å². The number of rotatable bonds is 7. The third-order valence-electron chi connectivity index (χ3n) is 2.45. The smallest absolute Gasteiger partial charge is 0.127 e. The largest absolute Gasteiger partial charge is 0.489 e. The lowest BCUT2D eigenvalue weighted by atomic mass is 10.0. The van der Waals surface area contributed by atoms with Crippen molar-refractivity contribution in [2.45, 2.75) is 18.6 Å². The van der Waals surface area contributed by atoms with Crippen molar-refractivity contribution in [1.29, 1.82) is 0 Å². The zero-order chi connectivity index (χ0) is 13.5. The lowest BCUT2D eigenvalue weighted by molar-refractivity contribution is 0.0742. The molecule has 0 saturated heterocycles. The van der Waals surface area contributed by atoms with Crippen LogP contribution in [-0.2, 0) is 6.42 Å². The Bertz CT molecular complexity index is 398. The van der Waals surface area contributed by atoms with Gasteiger partial charge in [0.2, 0.25) is 0 Å². The summed E-state index contributed by atoms with van der Waals surface area (Å²) in [4.78, 5) is 0. The summed E-state index contributed by atoms with van der Waals surface area (Å²) in [5, 5.41) is 18.1. The average molecular weight is 255 g/mol. The quantitative estimate of drug-likeness (QED) is 0.624. The molecule has 0 aromatic heterocycles. The topological polar surface area (TPSA) is 75.7 Å². The highest BCUT2D eigenvalue weighted by molar-refractivity contribution is 5.30. The Morgan fingerprint density at radius 2 is 2.17 bits per heavy atom. The van der Waals surface area contributed by atoms with Crippen molar-refractivity contribution in [3.05, 3.63) is 42.2 Å². The van der Waals surface area contributed by atoms with Gasteiger partial charge >= 0.3 is 0 Å². The van der Waals surface area contributed by atoms with Crippen LogP contribution < -0.4 is 10.5 Å². The Hall–Kier alpha value is -1.43. The molecule has 18 heavy (non-hydrogen) atoms. The second kappa shape index (κ2) is 7.10. The van der Waals surface area contributed by atoms with Gasteiger partial charge in [0.25, 0.3) is 0 Å². The molecule has 5 heteroatoms. The van der Waals surface area contributed by atoms with E-state index in [1.165, 1.54) is 12.1 Å². The maximum atomic E-state index is 13.3. The molecule has 1 aromatic rings. The molecule has 100 valence electrons. The molecule has 0 aliphatic carbocycles. The van der Waals surface area contributed by atoms with Gasteiger partial charge in [0.1, 0.15) is 18.2 Å². The third kappa shape index (κ3) is 4.44. The van der Waals surface area contributed by atoms with Crippen molar-refractivity contribution in [3.63, 3.8) is 0 Å². The van der Waals surface area contributed by atoms with E-state index in [2.05, 4.69) is 6.58 Å². The predicted molar refractivity (Wildman–Crippen MR) is 66.9 cm³/mol.